The van der Waals surface area contributed by atoms with Gasteiger partial charge < -0.3 is 9.47 Å². The Balaban J connectivity index is 1.22. The number of aromatic nitrogens is 4. The number of carbonyl (C=O) groups is 1. The summed E-state index contributed by atoms with van der Waals surface area (Å²) in [7, 11) is 0. The van der Waals surface area contributed by atoms with Crippen LogP contribution in [0.15, 0.2) is 71.2 Å². The SMILES string of the molecule is O=C1N=C(N2CCC(n3ccnc3)CC2)/C(=C/c2ccc3nn(Cc4ccc(C(F)(F)F)cc4C(F)(F)F)cc3c2)S1. The normalized spacial score (nSPS) is 18.0. The third-order valence-corrected chi connectivity index (χ3v) is 8.06. The Hall–Kier alpha value is -4.07. The summed E-state index contributed by atoms with van der Waals surface area (Å²) in [6.07, 6.45) is 0.759. The number of imidazole rings is 1. The topological polar surface area (TPSA) is 68.3 Å². The van der Waals surface area contributed by atoms with E-state index in [9.17, 15) is 31.1 Å². The number of alkyl halides is 6. The Bertz CT molecular complexity index is 1700. The summed E-state index contributed by atoms with van der Waals surface area (Å²) in [6, 6.07) is 7.19. The number of halogens is 6. The van der Waals surface area contributed by atoms with E-state index >= 15 is 0 Å². The van der Waals surface area contributed by atoms with Crippen LogP contribution in [0.1, 0.15) is 41.1 Å². The Morgan fingerprint density at radius 1 is 1.00 bits per heavy atom. The lowest BCUT2D eigenvalue weighted by molar-refractivity contribution is -0.143. The molecule has 1 fully saturated rings. The van der Waals surface area contributed by atoms with Gasteiger partial charge in [0, 0.05) is 43.1 Å². The smallest absolute Gasteiger partial charge is 0.355 e. The van der Waals surface area contributed by atoms with E-state index in [1.807, 2.05) is 12.3 Å². The molecule has 4 heterocycles. The molecule has 0 unspecified atom stereocenters. The summed E-state index contributed by atoms with van der Waals surface area (Å²) >= 11 is 1.03. The molecular formula is C28H22F6N6OS. The first-order valence-electron chi connectivity index (χ1n) is 12.9. The number of likely N-dealkylation sites (tertiary alicyclic amines) is 1. The molecule has 2 aliphatic heterocycles. The molecule has 2 aromatic heterocycles. The van der Waals surface area contributed by atoms with Crippen LogP contribution in [0, 0.1) is 0 Å². The van der Waals surface area contributed by atoms with Crippen LogP contribution in [0.25, 0.3) is 17.0 Å². The molecule has 0 radical (unpaired) electrons. The van der Waals surface area contributed by atoms with Crippen molar-refractivity contribution in [2.45, 2.75) is 37.8 Å². The zero-order chi connectivity index (χ0) is 29.6. The van der Waals surface area contributed by atoms with Crippen LogP contribution in [-0.4, -0.2) is 48.4 Å². The van der Waals surface area contributed by atoms with Gasteiger partial charge in [0.2, 0.25) is 0 Å². The van der Waals surface area contributed by atoms with Crippen LogP contribution >= 0.6 is 11.8 Å². The van der Waals surface area contributed by atoms with Crippen LogP contribution in [0.2, 0.25) is 0 Å². The van der Waals surface area contributed by atoms with Crippen molar-refractivity contribution in [1.29, 1.82) is 0 Å². The minimum atomic E-state index is -4.97. The molecule has 0 saturated carbocycles. The Labute approximate surface area is 239 Å². The molecular weight excluding hydrogens is 582 g/mol. The highest BCUT2D eigenvalue weighted by Crippen LogP contribution is 2.38. The van der Waals surface area contributed by atoms with Crippen molar-refractivity contribution in [2.24, 2.45) is 4.99 Å². The van der Waals surface area contributed by atoms with Gasteiger partial charge >= 0.3 is 17.6 Å². The van der Waals surface area contributed by atoms with Crippen LogP contribution in [0.3, 0.4) is 0 Å². The van der Waals surface area contributed by atoms with Gasteiger partial charge in [0.25, 0.3) is 0 Å². The summed E-state index contributed by atoms with van der Waals surface area (Å²) < 4.78 is 83.3. The number of carbonyl (C=O) groups excluding carboxylic acids is 1. The first-order valence-corrected chi connectivity index (χ1v) is 13.8. The Morgan fingerprint density at radius 2 is 1.79 bits per heavy atom. The first-order chi connectivity index (χ1) is 19.9. The maximum Gasteiger partial charge on any atom is 0.416 e. The first kappa shape index (κ1) is 28.1. The van der Waals surface area contributed by atoms with E-state index in [1.54, 1.807) is 30.7 Å². The molecule has 7 nitrogen and oxygen atoms in total. The van der Waals surface area contributed by atoms with Crippen molar-refractivity contribution in [3.8, 4) is 0 Å². The molecule has 0 N–H and O–H groups in total. The predicted octanol–water partition coefficient (Wildman–Crippen LogP) is 7.26. The van der Waals surface area contributed by atoms with Gasteiger partial charge in [0.05, 0.1) is 34.4 Å². The quantitative estimate of drug-likeness (QED) is 0.230. The monoisotopic (exact) mass is 604 g/mol. The van der Waals surface area contributed by atoms with Crippen LogP contribution < -0.4 is 0 Å². The second kappa shape index (κ2) is 10.6. The number of hydrogen-bond acceptors (Lipinski definition) is 5. The molecule has 0 bridgehead atoms. The molecule has 42 heavy (non-hydrogen) atoms. The summed E-state index contributed by atoms with van der Waals surface area (Å²) in [5.41, 5.74) is -1.81. The minimum Gasteiger partial charge on any atom is -0.355 e. The highest BCUT2D eigenvalue weighted by atomic mass is 32.2. The number of amidine groups is 1. The third-order valence-electron chi connectivity index (χ3n) is 7.27. The van der Waals surface area contributed by atoms with Crippen molar-refractivity contribution >= 4 is 39.8 Å². The lowest BCUT2D eigenvalue weighted by atomic mass is 10.0. The molecule has 6 rings (SSSR count). The summed E-state index contributed by atoms with van der Waals surface area (Å²) in [5, 5.41) is 4.63. The van der Waals surface area contributed by atoms with Crippen LogP contribution in [0.4, 0.5) is 31.1 Å². The fourth-order valence-electron chi connectivity index (χ4n) is 5.23. The molecule has 0 spiro atoms. The summed E-state index contributed by atoms with van der Waals surface area (Å²) in [6.45, 7) is 1.08. The van der Waals surface area contributed by atoms with Gasteiger partial charge in [-0.2, -0.15) is 36.4 Å². The zero-order valence-corrected chi connectivity index (χ0v) is 22.5. The lowest BCUT2D eigenvalue weighted by Gasteiger charge is -2.33. The van der Waals surface area contributed by atoms with E-state index < -0.39 is 23.5 Å². The molecule has 14 heteroatoms. The largest absolute Gasteiger partial charge is 0.416 e. The number of nitrogens with zero attached hydrogens (tertiary/aromatic N) is 6. The van der Waals surface area contributed by atoms with E-state index in [4.69, 9.17) is 0 Å². The molecule has 0 atom stereocenters. The number of fused-ring (bicyclic) bond motifs is 1. The van der Waals surface area contributed by atoms with Crippen molar-refractivity contribution in [2.75, 3.05) is 13.1 Å². The molecule has 2 aliphatic rings. The van der Waals surface area contributed by atoms with Gasteiger partial charge in [-0.15, -0.1) is 0 Å². The molecule has 1 saturated heterocycles. The van der Waals surface area contributed by atoms with Gasteiger partial charge in [-0.05, 0) is 66.1 Å². The number of thioether (sulfide) groups is 1. The average molecular weight is 605 g/mol. The Morgan fingerprint density at radius 3 is 2.48 bits per heavy atom. The van der Waals surface area contributed by atoms with E-state index in [2.05, 4.69) is 24.5 Å². The number of benzene rings is 2. The van der Waals surface area contributed by atoms with E-state index in [1.165, 1.54) is 10.9 Å². The fraction of sp³-hybridized carbons (Fsp3) is 0.286. The van der Waals surface area contributed by atoms with Crippen molar-refractivity contribution in [3.63, 3.8) is 0 Å². The lowest BCUT2D eigenvalue weighted by Crippen LogP contribution is -2.38. The number of rotatable bonds is 4. The molecule has 1 amide bonds. The fourth-order valence-corrected chi connectivity index (χ4v) is 6.01. The van der Waals surface area contributed by atoms with E-state index in [0.29, 0.717) is 33.8 Å². The van der Waals surface area contributed by atoms with Crippen LogP contribution in [0.5, 0.6) is 0 Å². The number of aliphatic imine (C=N–C) groups is 1. The predicted molar refractivity (Wildman–Crippen MR) is 146 cm³/mol. The molecule has 218 valence electrons. The van der Waals surface area contributed by atoms with Gasteiger partial charge in [0.1, 0.15) is 5.84 Å². The number of hydrogen-bond donors (Lipinski definition) is 0. The second-order valence-electron chi connectivity index (χ2n) is 10.1. The van der Waals surface area contributed by atoms with Gasteiger partial charge in [0.15, 0.2) is 0 Å². The van der Waals surface area contributed by atoms with Crippen molar-refractivity contribution in [3.05, 3.63) is 88.5 Å². The third kappa shape index (κ3) is 5.80. The second-order valence-corrected chi connectivity index (χ2v) is 11.0. The van der Waals surface area contributed by atoms with Crippen molar-refractivity contribution in [1.82, 2.24) is 24.2 Å². The molecule has 0 aliphatic carbocycles. The summed E-state index contributed by atoms with van der Waals surface area (Å²) in [5.74, 6) is 0.617. The van der Waals surface area contributed by atoms with Gasteiger partial charge in [-0.1, -0.05) is 12.1 Å². The maximum absolute atomic E-state index is 13.6. The van der Waals surface area contributed by atoms with E-state index in [-0.39, 0.29) is 23.4 Å². The average Bonchev–Trinajstić information content (AvgIpc) is 3.68. The maximum atomic E-state index is 13.6. The Kier molecular flexibility index (Phi) is 7.11. The van der Waals surface area contributed by atoms with Crippen molar-refractivity contribution < 1.29 is 31.1 Å². The minimum absolute atomic E-state index is 0.128. The summed E-state index contributed by atoms with van der Waals surface area (Å²) in [4.78, 5) is 23.4. The number of piperidine rings is 1. The van der Waals surface area contributed by atoms with E-state index in [0.717, 1.165) is 49.3 Å². The zero-order valence-electron chi connectivity index (χ0n) is 21.7. The van der Waals surface area contributed by atoms with Crippen LogP contribution in [-0.2, 0) is 18.9 Å². The molecule has 4 aromatic rings. The van der Waals surface area contributed by atoms with Gasteiger partial charge in [-0.25, -0.2) is 4.98 Å². The highest BCUT2D eigenvalue weighted by Gasteiger charge is 2.38. The van der Waals surface area contributed by atoms with Gasteiger partial charge in [-0.3, -0.25) is 9.48 Å². The molecule has 2 aromatic carbocycles. The number of amides is 1. The highest BCUT2D eigenvalue weighted by molar-refractivity contribution is 8.18. The standard InChI is InChI=1S/C28H22F6N6OS/c29-27(30,31)20-3-2-18(22(13-20)28(32,33)34)14-40-15-19-11-17(1-4-23(19)37-40)12-24-25(36-26(41)42-24)38-8-5-21(6-9-38)39-10-7-35-16-39/h1-4,7,10-13,15-16,21H,5-6,8-9,14H2/b24-12-.